The summed E-state index contributed by atoms with van der Waals surface area (Å²) < 4.78 is 52.4. The van der Waals surface area contributed by atoms with Crippen LogP contribution in [0, 0.1) is 0 Å². The molecule has 0 aromatic heterocycles. The van der Waals surface area contributed by atoms with E-state index in [1.54, 1.807) is 0 Å². The van der Waals surface area contributed by atoms with Crippen LogP contribution in [-0.2, 0) is 20.0 Å². The van der Waals surface area contributed by atoms with Crippen molar-refractivity contribution in [2.75, 3.05) is 45.5 Å². The van der Waals surface area contributed by atoms with Gasteiger partial charge >= 0.3 is 5.97 Å². The van der Waals surface area contributed by atoms with Gasteiger partial charge in [-0.1, -0.05) is 0 Å². The Balaban J connectivity index is 1.94. The fourth-order valence-electron chi connectivity index (χ4n) is 2.36. The van der Waals surface area contributed by atoms with Gasteiger partial charge in [-0.25, -0.2) is 26.4 Å². The quantitative estimate of drug-likeness (QED) is 0.626. The molecule has 140 valence electrons. The summed E-state index contributed by atoms with van der Waals surface area (Å²) in [7, 11) is -5.52. The largest absolute Gasteiger partial charge is 0.478 e. The maximum Gasteiger partial charge on any atom is 0.335 e. The number of aromatic carboxylic acids is 1. The van der Waals surface area contributed by atoms with Crippen molar-refractivity contribution in [3.8, 4) is 0 Å². The molecule has 0 saturated carbocycles. The first-order valence-electron chi connectivity index (χ1n) is 7.61. The van der Waals surface area contributed by atoms with Gasteiger partial charge in [0, 0.05) is 32.7 Å². The molecular weight excluding hydrogens is 370 g/mol. The Bertz CT molecular complexity index is 813. The Kier molecular flexibility index (Phi) is 6.16. The van der Waals surface area contributed by atoms with E-state index >= 15 is 0 Å². The first-order valence-corrected chi connectivity index (χ1v) is 10.7. The zero-order chi connectivity index (χ0) is 18.7. The summed E-state index contributed by atoms with van der Waals surface area (Å²) in [5.74, 6) is -1.49. The monoisotopic (exact) mass is 391 g/mol. The second-order valence-corrected chi connectivity index (χ2v) is 9.60. The SMILES string of the molecule is CN1CCN(S(=O)(=O)CCNS(=O)(=O)c2ccc(C(=O)O)cc2)CC1. The number of nitrogens with zero attached hydrogens (tertiary/aromatic N) is 2. The fourth-order valence-corrected chi connectivity index (χ4v) is 4.86. The number of hydrogen-bond acceptors (Lipinski definition) is 6. The van der Waals surface area contributed by atoms with Crippen molar-refractivity contribution in [1.82, 2.24) is 13.9 Å². The molecule has 0 aliphatic carbocycles. The molecule has 0 bridgehead atoms. The van der Waals surface area contributed by atoms with Gasteiger partial charge in [0.05, 0.1) is 16.2 Å². The van der Waals surface area contributed by atoms with Gasteiger partial charge in [0.2, 0.25) is 20.0 Å². The van der Waals surface area contributed by atoms with Crippen molar-refractivity contribution in [2.45, 2.75) is 4.90 Å². The predicted octanol–water partition coefficient (Wildman–Crippen LogP) is -0.760. The van der Waals surface area contributed by atoms with Crippen LogP contribution < -0.4 is 4.72 Å². The third-order valence-electron chi connectivity index (χ3n) is 3.92. The smallest absolute Gasteiger partial charge is 0.335 e. The molecule has 11 heteroatoms. The average Bonchev–Trinajstić information content (AvgIpc) is 2.55. The Hall–Kier alpha value is -1.53. The van der Waals surface area contributed by atoms with Crippen molar-refractivity contribution >= 4 is 26.0 Å². The van der Waals surface area contributed by atoms with E-state index in [1.807, 2.05) is 11.9 Å². The molecule has 1 aromatic carbocycles. The fraction of sp³-hybridized carbons (Fsp3) is 0.500. The summed E-state index contributed by atoms with van der Waals surface area (Å²) in [6.45, 7) is 1.81. The Labute approximate surface area is 147 Å². The maximum atomic E-state index is 12.2. The van der Waals surface area contributed by atoms with Gasteiger partial charge < -0.3 is 10.0 Å². The molecule has 0 unspecified atom stereocenters. The summed E-state index contributed by atoms with van der Waals surface area (Å²) in [6, 6.07) is 4.69. The number of sulfonamides is 2. The van der Waals surface area contributed by atoms with Crippen molar-refractivity contribution in [1.29, 1.82) is 0 Å². The van der Waals surface area contributed by atoms with Crippen LogP contribution in [0.5, 0.6) is 0 Å². The van der Waals surface area contributed by atoms with Crippen molar-refractivity contribution in [3.05, 3.63) is 29.8 Å². The van der Waals surface area contributed by atoms with Crippen LogP contribution in [0.2, 0.25) is 0 Å². The summed E-state index contributed by atoms with van der Waals surface area (Å²) >= 11 is 0. The third kappa shape index (κ3) is 5.22. The van der Waals surface area contributed by atoms with E-state index in [0.29, 0.717) is 26.2 Å². The highest BCUT2D eigenvalue weighted by molar-refractivity contribution is 7.90. The molecular formula is C14H21N3O6S2. The number of carboxylic acid groups (broad SMARTS) is 1. The first-order chi connectivity index (χ1) is 11.6. The third-order valence-corrected chi connectivity index (χ3v) is 7.27. The van der Waals surface area contributed by atoms with Crippen LogP contribution in [0.15, 0.2) is 29.2 Å². The molecule has 1 aliphatic rings. The Morgan fingerprint density at radius 2 is 1.64 bits per heavy atom. The summed E-state index contributed by atoms with van der Waals surface area (Å²) in [6.07, 6.45) is 0. The van der Waals surface area contributed by atoms with Gasteiger partial charge in [0.25, 0.3) is 0 Å². The number of benzene rings is 1. The molecule has 1 heterocycles. The number of nitrogens with one attached hydrogen (secondary N) is 1. The zero-order valence-electron chi connectivity index (χ0n) is 13.8. The molecule has 1 aliphatic heterocycles. The standard InChI is InChI=1S/C14H21N3O6S2/c1-16-7-9-17(10-8-16)24(20,21)11-6-15-25(22,23)13-4-2-12(3-5-13)14(18)19/h2-5,15H,6-11H2,1H3,(H,18,19). The summed E-state index contributed by atoms with van der Waals surface area (Å²) in [4.78, 5) is 12.7. The maximum absolute atomic E-state index is 12.2. The molecule has 0 amide bonds. The highest BCUT2D eigenvalue weighted by Gasteiger charge is 2.26. The van der Waals surface area contributed by atoms with Crippen LogP contribution in [0.3, 0.4) is 0 Å². The van der Waals surface area contributed by atoms with E-state index in [-0.39, 0.29) is 22.8 Å². The lowest BCUT2D eigenvalue weighted by Gasteiger charge is -2.31. The normalized spacial score (nSPS) is 17.5. The van der Waals surface area contributed by atoms with Gasteiger partial charge in [-0.05, 0) is 31.3 Å². The topological polar surface area (TPSA) is 124 Å². The molecule has 0 radical (unpaired) electrons. The minimum absolute atomic E-state index is 0.0309. The van der Waals surface area contributed by atoms with Crippen LogP contribution in [0.1, 0.15) is 10.4 Å². The van der Waals surface area contributed by atoms with Crippen LogP contribution >= 0.6 is 0 Å². The molecule has 9 nitrogen and oxygen atoms in total. The molecule has 1 saturated heterocycles. The molecule has 25 heavy (non-hydrogen) atoms. The second kappa shape index (κ2) is 7.79. The van der Waals surface area contributed by atoms with Crippen LogP contribution in [0.4, 0.5) is 0 Å². The van der Waals surface area contributed by atoms with E-state index in [0.717, 1.165) is 0 Å². The number of hydrogen-bond donors (Lipinski definition) is 2. The second-order valence-electron chi connectivity index (χ2n) is 5.75. The van der Waals surface area contributed by atoms with Crippen LogP contribution in [-0.4, -0.2) is 82.6 Å². The lowest BCUT2D eigenvalue weighted by molar-refractivity contribution is 0.0696. The van der Waals surface area contributed by atoms with E-state index in [9.17, 15) is 21.6 Å². The minimum Gasteiger partial charge on any atom is -0.478 e. The average molecular weight is 391 g/mol. The van der Waals surface area contributed by atoms with Crippen LogP contribution in [0.25, 0.3) is 0 Å². The van der Waals surface area contributed by atoms with Gasteiger partial charge in [-0.3, -0.25) is 0 Å². The summed E-state index contributed by atoms with van der Waals surface area (Å²) in [5.41, 5.74) is -0.0309. The Morgan fingerprint density at radius 3 is 2.16 bits per heavy atom. The zero-order valence-corrected chi connectivity index (χ0v) is 15.4. The van der Waals surface area contributed by atoms with Gasteiger partial charge in [-0.2, -0.15) is 4.31 Å². The molecule has 1 fully saturated rings. The Morgan fingerprint density at radius 1 is 1.08 bits per heavy atom. The molecule has 0 spiro atoms. The van der Waals surface area contributed by atoms with Gasteiger partial charge in [-0.15, -0.1) is 0 Å². The van der Waals surface area contributed by atoms with Crippen molar-refractivity contribution in [3.63, 3.8) is 0 Å². The number of likely N-dealkylation sites (N-methyl/N-ethyl adjacent to an activating group) is 1. The minimum atomic E-state index is -3.90. The summed E-state index contributed by atoms with van der Waals surface area (Å²) in [5, 5.41) is 8.81. The van der Waals surface area contributed by atoms with Gasteiger partial charge in [0.1, 0.15) is 0 Å². The molecule has 2 rings (SSSR count). The number of piperazine rings is 1. The molecule has 2 N–H and O–H groups in total. The van der Waals surface area contributed by atoms with Crippen molar-refractivity contribution in [2.24, 2.45) is 0 Å². The highest BCUT2D eigenvalue weighted by atomic mass is 32.2. The lowest BCUT2D eigenvalue weighted by Crippen LogP contribution is -2.48. The molecule has 0 atom stereocenters. The highest BCUT2D eigenvalue weighted by Crippen LogP contribution is 2.11. The van der Waals surface area contributed by atoms with E-state index in [4.69, 9.17) is 5.11 Å². The van der Waals surface area contributed by atoms with Gasteiger partial charge in [0.15, 0.2) is 0 Å². The van der Waals surface area contributed by atoms with Crippen molar-refractivity contribution < 1.29 is 26.7 Å². The molecule has 1 aromatic rings. The lowest BCUT2D eigenvalue weighted by atomic mass is 10.2. The van der Waals surface area contributed by atoms with E-state index in [2.05, 4.69) is 4.72 Å². The van der Waals surface area contributed by atoms with E-state index < -0.39 is 26.0 Å². The first kappa shape index (κ1) is 19.8. The number of carboxylic acids is 1. The predicted molar refractivity (Wildman–Crippen MR) is 91.4 cm³/mol. The number of rotatable bonds is 7. The van der Waals surface area contributed by atoms with E-state index in [1.165, 1.54) is 28.6 Å². The number of carbonyl (C=O) groups is 1.